The number of piperidine rings is 1. The Bertz CT molecular complexity index is 486. The Morgan fingerprint density at radius 3 is 2.90 bits per heavy atom. The number of carbonyl (C=O) groups is 1. The van der Waals surface area contributed by atoms with E-state index >= 15 is 0 Å². The average Bonchev–Trinajstić information content (AvgIpc) is 2.48. The van der Waals surface area contributed by atoms with Gasteiger partial charge in [0.1, 0.15) is 0 Å². The first-order valence-electron chi connectivity index (χ1n) is 7.66. The van der Waals surface area contributed by atoms with Crippen molar-refractivity contribution >= 4 is 23.2 Å². The zero-order valence-electron chi connectivity index (χ0n) is 12.6. The smallest absolute Gasteiger partial charge is 0.248 e. The quantitative estimate of drug-likeness (QED) is 0.849. The summed E-state index contributed by atoms with van der Waals surface area (Å²) in [7, 11) is 0. The van der Waals surface area contributed by atoms with E-state index in [-0.39, 0.29) is 0 Å². The van der Waals surface area contributed by atoms with Gasteiger partial charge in [-0.05, 0) is 56.5 Å². The molecule has 0 saturated carbocycles. The Balaban J connectivity index is 2.14. The minimum atomic E-state index is -0.443. The first-order valence-corrected chi connectivity index (χ1v) is 8.04. The number of nitrogens with two attached hydrogens (primary N) is 1. The highest BCUT2D eigenvalue weighted by atomic mass is 35.5. The molecule has 4 nitrogen and oxygen atoms in total. The molecule has 0 aliphatic carbocycles. The van der Waals surface area contributed by atoms with Gasteiger partial charge in [0.2, 0.25) is 5.91 Å². The van der Waals surface area contributed by atoms with Crippen LogP contribution in [-0.2, 0) is 0 Å². The molecule has 1 aromatic carbocycles. The normalized spacial score (nSPS) is 18.5. The van der Waals surface area contributed by atoms with E-state index in [1.54, 1.807) is 12.1 Å². The number of benzene rings is 1. The van der Waals surface area contributed by atoms with Crippen molar-refractivity contribution in [2.24, 2.45) is 11.7 Å². The maximum absolute atomic E-state index is 11.2. The Morgan fingerprint density at radius 2 is 2.33 bits per heavy atom. The maximum atomic E-state index is 11.2. The van der Waals surface area contributed by atoms with Crippen molar-refractivity contribution in [1.82, 2.24) is 5.32 Å². The number of anilines is 1. The van der Waals surface area contributed by atoms with E-state index < -0.39 is 5.91 Å². The summed E-state index contributed by atoms with van der Waals surface area (Å²) in [4.78, 5) is 13.5. The Labute approximate surface area is 131 Å². The second kappa shape index (κ2) is 7.66. The molecule has 116 valence electrons. The van der Waals surface area contributed by atoms with Crippen LogP contribution in [0.2, 0.25) is 5.02 Å². The van der Waals surface area contributed by atoms with Crippen LogP contribution in [0.5, 0.6) is 0 Å². The van der Waals surface area contributed by atoms with E-state index in [0.717, 1.165) is 38.3 Å². The zero-order valence-corrected chi connectivity index (χ0v) is 13.3. The molecule has 1 saturated heterocycles. The van der Waals surface area contributed by atoms with Gasteiger partial charge in [0.25, 0.3) is 0 Å². The van der Waals surface area contributed by atoms with Gasteiger partial charge in [-0.1, -0.05) is 18.5 Å². The molecule has 1 heterocycles. The van der Waals surface area contributed by atoms with Gasteiger partial charge in [-0.3, -0.25) is 4.79 Å². The molecular formula is C16H24ClN3O. The van der Waals surface area contributed by atoms with E-state index in [1.807, 2.05) is 6.07 Å². The van der Waals surface area contributed by atoms with Gasteiger partial charge in [0, 0.05) is 18.7 Å². The van der Waals surface area contributed by atoms with Crippen LogP contribution in [0.25, 0.3) is 0 Å². The van der Waals surface area contributed by atoms with Gasteiger partial charge in [0.05, 0.1) is 10.7 Å². The standard InChI is InChI=1S/C16H24ClN3O/c1-2-8-20(11-12-4-3-7-19-10-12)15-6-5-13(16(18)21)9-14(15)17/h5-6,9,12,19H,2-4,7-8,10-11H2,1H3,(H2,18,21). The molecule has 1 aliphatic heterocycles. The third-order valence-corrected chi connectivity index (χ3v) is 4.25. The third kappa shape index (κ3) is 4.35. The van der Waals surface area contributed by atoms with Crippen molar-refractivity contribution in [3.63, 3.8) is 0 Å². The SMILES string of the molecule is CCCN(CC1CCCNC1)c1ccc(C(N)=O)cc1Cl. The molecule has 0 spiro atoms. The molecule has 1 amide bonds. The highest BCUT2D eigenvalue weighted by Crippen LogP contribution is 2.28. The number of amides is 1. The molecule has 1 unspecified atom stereocenters. The molecule has 0 bridgehead atoms. The molecule has 0 aromatic heterocycles. The van der Waals surface area contributed by atoms with Gasteiger partial charge in [-0.25, -0.2) is 0 Å². The van der Waals surface area contributed by atoms with E-state index in [4.69, 9.17) is 17.3 Å². The lowest BCUT2D eigenvalue weighted by atomic mass is 9.98. The van der Waals surface area contributed by atoms with Gasteiger partial charge >= 0.3 is 0 Å². The molecule has 1 atom stereocenters. The molecule has 1 aliphatic rings. The zero-order chi connectivity index (χ0) is 15.2. The molecule has 0 radical (unpaired) electrons. The minimum absolute atomic E-state index is 0.443. The average molecular weight is 310 g/mol. The van der Waals surface area contributed by atoms with Gasteiger partial charge in [-0.15, -0.1) is 0 Å². The molecule has 5 heteroatoms. The van der Waals surface area contributed by atoms with Gasteiger partial charge in [-0.2, -0.15) is 0 Å². The van der Waals surface area contributed by atoms with Crippen LogP contribution in [-0.4, -0.2) is 32.1 Å². The van der Waals surface area contributed by atoms with Gasteiger partial charge < -0.3 is 16.0 Å². The van der Waals surface area contributed by atoms with Crippen molar-refractivity contribution in [3.8, 4) is 0 Å². The second-order valence-electron chi connectivity index (χ2n) is 5.69. The van der Waals surface area contributed by atoms with Gasteiger partial charge in [0.15, 0.2) is 0 Å². The first kappa shape index (κ1) is 16.1. The van der Waals surface area contributed by atoms with E-state index in [1.165, 1.54) is 12.8 Å². The Morgan fingerprint density at radius 1 is 1.52 bits per heavy atom. The van der Waals surface area contributed by atoms with E-state index in [9.17, 15) is 4.79 Å². The topological polar surface area (TPSA) is 58.4 Å². The monoisotopic (exact) mass is 309 g/mol. The minimum Gasteiger partial charge on any atom is -0.370 e. The number of rotatable bonds is 6. The fourth-order valence-corrected chi connectivity index (χ4v) is 3.19. The molecule has 2 rings (SSSR count). The summed E-state index contributed by atoms with van der Waals surface area (Å²) in [6.07, 6.45) is 3.55. The summed E-state index contributed by atoms with van der Waals surface area (Å²) in [5, 5.41) is 4.05. The van der Waals surface area contributed by atoms with Crippen molar-refractivity contribution in [3.05, 3.63) is 28.8 Å². The lowest BCUT2D eigenvalue weighted by Crippen LogP contribution is -2.38. The predicted molar refractivity (Wildman–Crippen MR) is 88.1 cm³/mol. The number of nitrogens with zero attached hydrogens (tertiary/aromatic N) is 1. The predicted octanol–water partition coefficient (Wildman–Crippen LogP) is 2.65. The lowest BCUT2D eigenvalue weighted by molar-refractivity contribution is 0.100. The number of primary amides is 1. The number of hydrogen-bond acceptors (Lipinski definition) is 3. The fourth-order valence-electron chi connectivity index (χ4n) is 2.89. The number of halogens is 1. The molecule has 1 aromatic rings. The van der Waals surface area contributed by atoms with E-state index in [0.29, 0.717) is 16.5 Å². The van der Waals surface area contributed by atoms with Crippen LogP contribution in [0.3, 0.4) is 0 Å². The maximum Gasteiger partial charge on any atom is 0.248 e. The van der Waals surface area contributed by atoms with Crippen molar-refractivity contribution in [2.45, 2.75) is 26.2 Å². The summed E-state index contributed by atoms with van der Waals surface area (Å²) in [6, 6.07) is 5.33. The summed E-state index contributed by atoms with van der Waals surface area (Å²) in [6.45, 7) is 6.32. The molecule has 1 fully saturated rings. The molecule has 3 N–H and O–H groups in total. The van der Waals surface area contributed by atoms with Crippen LogP contribution >= 0.6 is 11.6 Å². The second-order valence-corrected chi connectivity index (χ2v) is 6.10. The van der Waals surface area contributed by atoms with Crippen molar-refractivity contribution in [2.75, 3.05) is 31.1 Å². The summed E-state index contributed by atoms with van der Waals surface area (Å²) in [5.41, 5.74) is 6.75. The van der Waals surface area contributed by atoms with Crippen LogP contribution in [0.4, 0.5) is 5.69 Å². The van der Waals surface area contributed by atoms with Crippen LogP contribution in [0, 0.1) is 5.92 Å². The Hall–Kier alpha value is -1.26. The molecular weight excluding hydrogens is 286 g/mol. The summed E-state index contributed by atoms with van der Waals surface area (Å²) in [5.74, 6) is 0.208. The number of hydrogen-bond donors (Lipinski definition) is 2. The highest BCUT2D eigenvalue weighted by molar-refractivity contribution is 6.33. The van der Waals surface area contributed by atoms with Crippen LogP contribution < -0.4 is 16.0 Å². The highest BCUT2D eigenvalue weighted by Gasteiger charge is 2.19. The van der Waals surface area contributed by atoms with Crippen molar-refractivity contribution in [1.29, 1.82) is 0 Å². The van der Waals surface area contributed by atoms with Crippen molar-refractivity contribution < 1.29 is 4.79 Å². The van der Waals surface area contributed by atoms with Crippen LogP contribution in [0.1, 0.15) is 36.5 Å². The summed E-state index contributed by atoms with van der Waals surface area (Å²) >= 11 is 6.36. The van der Waals surface area contributed by atoms with E-state index in [2.05, 4.69) is 17.1 Å². The van der Waals surface area contributed by atoms with Crippen LogP contribution in [0.15, 0.2) is 18.2 Å². The Kier molecular flexibility index (Phi) is 5.88. The lowest BCUT2D eigenvalue weighted by Gasteiger charge is -2.32. The third-order valence-electron chi connectivity index (χ3n) is 3.94. The summed E-state index contributed by atoms with van der Waals surface area (Å²) < 4.78 is 0. The molecule has 21 heavy (non-hydrogen) atoms. The first-order chi connectivity index (χ1) is 10.1. The largest absolute Gasteiger partial charge is 0.370 e. The fraction of sp³-hybridized carbons (Fsp3) is 0.562. The number of carbonyl (C=O) groups excluding carboxylic acids is 1. The number of nitrogens with one attached hydrogen (secondary N) is 1.